The zero-order valence-electron chi connectivity index (χ0n) is 11.8. The molecule has 1 aliphatic heterocycles. The van der Waals surface area contributed by atoms with Crippen LogP contribution in [0.15, 0.2) is 18.2 Å². The van der Waals surface area contributed by atoms with Crippen LogP contribution < -0.4 is 5.32 Å². The lowest BCUT2D eigenvalue weighted by molar-refractivity contribution is -0.122. The summed E-state index contributed by atoms with van der Waals surface area (Å²) >= 11 is 12.1. The minimum Gasteiger partial charge on any atom is -0.317 e. The lowest BCUT2D eigenvalue weighted by atomic mass is 9.77. The fourth-order valence-corrected chi connectivity index (χ4v) is 3.31. The van der Waals surface area contributed by atoms with Gasteiger partial charge in [0.15, 0.2) is 0 Å². The third kappa shape index (κ3) is 3.75. The van der Waals surface area contributed by atoms with E-state index in [9.17, 15) is 4.79 Å². The van der Waals surface area contributed by atoms with Gasteiger partial charge in [-0.2, -0.15) is 0 Å². The highest BCUT2D eigenvalue weighted by atomic mass is 35.5. The Bertz CT molecular complexity index is 470. The van der Waals surface area contributed by atoms with Gasteiger partial charge < -0.3 is 5.32 Å². The molecule has 4 heteroatoms. The van der Waals surface area contributed by atoms with Gasteiger partial charge in [0.05, 0.1) is 10.0 Å². The van der Waals surface area contributed by atoms with Crippen LogP contribution in [0.5, 0.6) is 0 Å². The van der Waals surface area contributed by atoms with Gasteiger partial charge in [0.25, 0.3) is 0 Å². The van der Waals surface area contributed by atoms with Gasteiger partial charge in [0.1, 0.15) is 5.78 Å². The standard InChI is InChI=1S/C16H21Cl2NO/c1-2-3-15(20)16(11-6-8-19-9-7-11)12-4-5-13(17)14(18)10-12/h4-5,10-11,16,19H,2-3,6-9H2,1H3. The second kappa shape index (κ2) is 7.44. The van der Waals surface area contributed by atoms with Crippen LogP contribution in [0.3, 0.4) is 0 Å². The van der Waals surface area contributed by atoms with Gasteiger partial charge >= 0.3 is 0 Å². The molecule has 2 rings (SSSR count). The minimum absolute atomic E-state index is 0.0354. The summed E-state index contributed by atoms with van der Waals surface area (Å²) in [6.07, 6.45) is 3.61. The molecule has 1 N–H and O–H groups in total. The van der Waals surface area contributed by atoms with Crippen LogP contribution in [-0.4, -0.2) is 18.9 Å². The van der Waals surface area contributed by atoms with E-state index in [2.05, 4.69) is 5.32 Å². The Balaban J connectivity index is 2.28. The Morgan fingerprint density at radius 2 is 2.00 bits per heavy atom. The van der Waals surface area contributed by atoms with E-state index in [4.69, 9.17) is 23.2 Å². The molecule has 1 aromatic carbocycles. The molecule has 0 aromatic heterocycles. The second-order valence-corrected chi connectivity index (χ2v) is 6.27. The van der Waals surface area contributed by atoms with Crippen LogP contribution in [0.2, 0.25) is 10.0 Å². The average molecular weight is 314 g/mol. The monoisotopic (exact) mass is 313 g/mol. The fraction of sp³-hybridized carbons (Fsp3) is 0.562. The van der Waals surface area contributed by atoms with Gasteiger partial charge in [0.2, 0.25) is 0 Å². The van der Waals surface area contributed by atoms with Crippen molar-refractivity contribution in [3.05, 3.63) is 33.8 Å². The summed E-state index contributed by atoms with van der Waals surface area (Å²) in [5, 5.41) is 4.43. The number of benzene rings is 1. The predicted molar refractivity (Wildman–Crippen MR) is 84.7 cm³/mol. The number of Topliss-reactive ketones (excluding diaryl/α,β-unsaturated/α-hetero) is 1. The summed E-state index contributed by atoms with van der Waals surface area (Å²) in [4.78, 5) is 12.5. The molecule has 110 valence electrons. The van der Waals surface area contributed by atoms with E-state index in [1.165, 1.54) is 0 Å². The van der Waals surface area contributed by atoms with Crippen LogP contribution in [0, 0.1) is 5.92 Å². The van der Waals surface area contributed by atoms with Gasteiger partial charge in [-0.1, -0.05) is 36.2 Å². The quantitative estimate of drug-likeness (QED) is 0.870. The van der Waals surface area contributed by atoms with Crippen LogP contribution in [0.25, 0.3) is 0 Å². The maximum atomic E-state index is 12.5. The number of carbonyl (C=O) groups is 1. The first-order valence-corrected chi connectivity index (χ1v) is 8.07. The molecule has 1 atom stereocenters. The normalized spacial score (nSPS) is 17.9. The summed E-state index contributed by atoms with van der Waals surface area (Å²) in [7, 11) is 0. The first-order valence-electron chi connectivity index (χ1n) is 7.32. The molecule has 1 aromatic rings. The Kier molecular flexibility index (Phi) is 5.88. The van der Waals surface area contributed by atoms with E-state index >= 15 is 0 Å². The van der Waals surface area contributed by atoms with Crippen LogP contribution in [0.4, 0.5) is 0 Å². The van der Waals surface area contributed by atoms with E-state index in [0.29, 0.717) is 28.2 Å². The molecule has 1 aliphatic rings. The molecule has 0 saturated carbocycles. The highest BCUT2D eigenvalue weighted by Gasteiger charge is 2.30. The lowest BCUT2D eigenvalue weighted by Gasteiger charge is -2.30. The molecule has 1 heterocycles. The number of halogens is 2. The highest BCUT2D eigenvalue weighted by Crippen LogP contribution is 2.35. The molecule has 20 heavy (non-hydrogen) atoms. The Morgan fingerprint density at radius 1 is 1.30 bits per heavy atom. The Hall–Kier alpha value is -0.570. The average Bonchev–Trinajstić information content (AvgIpc) is 2.44. The Labute approximate surface area is 130 Å². The van der Waals surface area contributed by atoms with Gasteiger partial charge in [-0.15, -0.1) is 0 Å². The van der Waals surface area contributed by atoms with Crippen molar-refractivity contribution in [3.8, 4) is 0 Å². The third-order valence-electron chi connectivity index (χ3n) is 4.00. The maximum Gasteiger partial charge on any atom is 0.140 e. The molecular weight excluding hydrogens is 293 g/mol. The maximum absolute atomic E-state index is 12.5. The molecule has 1 saturated heterocycles. The largest absolute Gasteiger partial charge is 0.317 e. The topological polar surface area (TPSA) is 29.1 Å². The molecular formula is C16H21Cl2NO. The van der Waals surface area contributed by atoms with Crippen molar-refractivity contribution in [2.75, 3.05) is 13.1 Å². The SMILES string of the molecule is CCCC(=O)C(c1ccc(Cl)c(Cl)c1)C1CCNCC1. The van der Waals surface area contributed by atoms with E-state index < -0.39 is 0 Å². The van der Waals surface area contributed by atoms with E-state index in [-0.39, 0.29) is 5.92 Å². The summed E-state index contributed by atoms with van der Waals surface area (Å²) in [6.45, 7) is 4.02. The third-order valence-corrected chi connectivity index (χ3v) is 4.74. The van der Waals surface area contributed by atoms with Crippen molar-refractivity contribution in [1.29, 1.82) is 0 Å². The first-order chi connectivity index (χ1) is 9.63. The summed E-state index contributed by atoms with van der Waals surface area (Å²) in [6, 6.07) is 5.62. The van der Waals surface area contributed by atoms with E-state index in [0.717, 1.165) is 37.9 Å². The number of hydrogen-bond donors (Lipinski definition) is 1. The van der Waals surface area contributed by atoms with Crippen molar-refractivity contribution < 1.29 is 4.79 Å². The molecule has 1 fully saturated rings. The number of nitrogens with one attached hydrogen (secondary N) is 1. The zero-order chi connectivity index (χ0) is 14.5. The van der Waals surface area contributed by atoms with Gasteiger partial charge in [-0.25, -0.2) is 0 Å². The van der Waals surface area contributed by atoms with Crippen molar-refractivity contribution >= 4 is 29.0 Å². The van der Waals surface area contributed by atoms with Crippen molar-refractivity contribution in [2.24, 2.45) is 5.92 Å². The lowest BCUT2D eigenvalue weighted by Crippen LogP contribution is -2.33. The zero-order valence-corrected chi connectivity index (χ0v) is 13.3. The van der Waals surface area contributed by atoms with E-state index in [1.54, 1.807) is 6.07 Å². The van der Waals surface area contributed by atoms with Crippen LogP contribution in [-0.2, 0) is 4.79 Å². The number of piperidine rings is 1. The van der Waals surface area contributed by atoms with Crippen molar-refractivity contribution in [2.45, 2.75) is 38.5 Å². The molecule has 2 nitrogen and oxygen atoms in total. The predicted octanol–water partition coefficient (Wildman–Crippen LogP) is 4.45. The first kappa shape index (κ1) is 15.8. The second-order valence-electron chi connectivity index (χ2n) is 5.45. The van der Waals surface area contributed by atoms with Crippen molar-refractivity contribution in [1.82, 2.24) is 5.32 Å². The number of ketones is 1. The highest BCUT2D eigenvalue weighted by molar-refractivity contribution is 6.42. The molecule has 1 unspecified atom stereocenters. The van der Waals surface area contributed by atoms with Crippen molar-refractivity contribution in [3.63, 3.8) is 0 Å². The summed E-state index contributed by atoms with van der Waals surface area (Å²) < 4.78 is 0. The smallest absolute Gasteiger partial charge is 0.140 e. The van der Waals surface area contributed by atoms with Gasteiger partial charge in [-0.05, 0) is 56.0 Å². The number of carbonyl (C=O) groups excluding carboxylic acids is 1. The molecule has 0 spiro atoms. The number of rotatable bonds is 5. The van der Waals surface area contributed by atoms with Gasteiger partial charge in [0, 0.05) is 12.3 Å². The molecule has 0 aliphatic carbocycles. The summed E-state index contributed by atoms with van der Waals surface area (Å²) in [5.74, 6) is 0.706. The van der Waals surface area contributed by atoms with Gasteiger partial charge in [-0.3, -0.25) is 4.79 Å². The summed E-state index contributed by atoms with van der Waals surface area (Å²) in [5.41, 5.74) is 1.02. The Morgan fingerprint density at radius 3 is 2.60 bits per heavy atom. The molecule has 0 radical (unpaired) electrons. The van der Waals surface area contributed by atoms with Crippen LogP contribution >= 0.6 is 23.2 Å². The number of hydrogen-bond acceptors (Lipinski definition) is 2. The molecule has 0 bridgehead atoms. The fourth-order valence-electron chi connectivity index (χ4n) is 3.01. The van der Waals surface area contributed by atoms with E-state index in [1.807, 2.05) is 19.1 Å². The minimum atomic E-state index is -0.0354. The molecule has 0 amide bonds. The van der Waals surface area contributed by atoms with Crippen LogP contribution in [0.1, 0.15) is 44.1 Å².